The number of hydrogen-bond donors (Lipinski definition) is 0. The van der Waals surface area contributed by atoms with Gasteiger partial charge in [-0.2, -0.15) is 0 Å². The number of benzene rings is 1. The number of nitrogens with zero attached hydrogens (tertiary/aromatic N) is 1. The summed E-state index contributed by atoms with van der Waals surface area (Å²) in [5.74, 6) is 1.41. The van der Waals surface area contributed by atoms with Gasteiger partial charge in [-0.1, -0.05) is 23.4 Å². The lowest BCUT2D eigenvalue weighted by Gasteiger charge is -2.16. The Balaban J connectivity index is 1.95. The topological polar surface area (TPSA) is 21.6 Å². The van der Waals surface area contributed by atoms with Crippen molar-refractivity contribution in [3.05, 3.63) is 34.9 Å². The van der Waals surface area contributed by atoms with E-state index in [1.54, 1.807) is 11.8 Å². The Morgan fingerprint density at radius 2 is 2.22 bits per heavy atom. The minimum Gasteiger partial charge on any atom is -0.387 e. The number of rotatable bonds is 3. The van der Waals surface area contributed by atoms with Gasteiger partial charge in [0.05, 0.1) is 5.88 Å². The number of oxime groups is 1. The second-order valence-electron chi connectivity index (χ2n) is 4.98. The van der Waals surface area contributed by atoms with Crippen LogP contribution in [-0.2, 0) is 10.6 Å². The summed E-state index contributed by atoms with van der Waals surface area (Å²) in [6.07, 6.45) is 0.812. The first kappa shape index (κ1) is 13.8. The van der Waals surface area contributed by atoms with E-state index in [1.165, 1.54) is 16.7 Å². The lowest BCUT2D eigenvalue weighted by Crippen LogP contribution is -2.26. The summed E-state index contributed by atoms with van der Waals surface area (Å²) in [4.78, 5) is 5.38. The Bertz CT molecular complexity index is 475. The van der Waals surface area contributed by atoms with Crippen LogP contribution in [-0.4, -0.2) is 16.5 Å². The van der Waals surface area contributed by atoms with Gasteiger partial charge < -0.3 is 4.84 Å². The number of hydrogen-bond acceptors (Lipinski definition) is 3. The van der Waals surface area contributed by atoms with Crippen LogP contribution in [0.4, 0.5) is 0 Å². The van der Waals surface area contributed by atoms with Crippen molar-refractivity contribution in [1.29, 1.82) is 0 Å². The van der Waals surface area contributed by atoms with Gasteiger partial charge in [0.15, 0.2) is 5.60 Å². The normalized spacial score (nSPS) is 22.8. The molecule has 2 nitrogen and oxygen atoms in total. The Kier molecular flexibility index (Phi) is 4.23. The van der Waals surface area contributed by atoms with Crippen molar-refractivity contribution in [1.82, 2.24) is 0 Å². The third-order valence-corrected chi connectivity index (χ3v) is 4.86. The predicted octanol–water partition coefficient (Wildman–Crippen LogP) is 4.27. The lowest BCUT2D eigenvalue weighted by molar-refractivity contribution is 0.0152. The third-order valence-electron chi connectivity index (χ3n) is 3.29. The first-order valence-corrected chi connectivity index (χ1v) is 7.55. The van der Waals surface area contributed by atoms with Gasteiger partial charge in [-0.25, -0.2) is 0 Å². The molecule has 4 heteroatoms. The van der Waals surface area contributed by atoms with Gasteiger partial charge in [-0.3, -0.25) is 0 Å². The Morgan fingerprint density at radius 3 is 2.89 bits per heavy atom. The molecule has 0 bridgehead atoms. The van der Waals surface area contributed by atoms with E-state index in [0.717, 1.165) is 17.2 Å². The third kappa shape index (κ3) is 3.01. The summed E-state index contributed by atoms with van der Waals surface area (Å²) >= 11 is 7.61. The molecule has 0 aromatic heterocycles. The zero-order chi connectivity index (χ0) is 13.2. The van der Waals surface area contributed by atoms with Crippen molar-refractivity contribution < 1.29 is 4.84 Å². The smallest absolute Gasteiger partial charge is 0.154 e. The van der Waals surface area contributed by atoms with E-state index in [4.69, 9.17) is 16.4 Å². The number of halogens is 1. The maximum absolute atomic E-state index is 5.87. The molecule has 18 heavy (non-hydrogen) atoms. The average Bonchev–Trinajstić information content (AvgIpc) is 2.74. The fraction of sp³-hybridized carbons (Fsp3) is 0.500. The largest absolute Gasteiger partial charge is 0.387 e. The summed E-state index contributed by atoms with van der Waals surface area (Å²) in [6.45, 7) is 6.31. The molecule has 1 unspecified atom stereocenters. The standard InChI is InChI=1S/C14H18ClNOS/c1-10-5-4-6-12(11(10)2)8-18-13-7-14(3,9-15)17-16-13/h4-6H,7-9H2,1-3H3. The maximum Gasteiger partial charge on any atom is 0.154 e. The van der Waals surface area contributed by atoms with Gasteiger partial charge in [-0.15, -0.1) is 23.4 Å². The van der Waals surface area contributed by atoms with E-state index in [0.29, 0.717) is 5.88 Å². The summed E-state index contributed by atoms with van der Waals surface area (Å²) in [5, 5.41) is 5.16. The first-order valence-electron chi connectivity index (χ1n) is 6.03. The molecule has 0 saturated heterocycles. The summed E-state index contributed by atoms with van der Waals surface area (Å²) in [6, 6.07) is 6.42. The zero-order valence-corrected chi connectivity index (χ0v) is 12.6. The molecule has 0 spiro atoms. The van der Waals surface area contributed by atoms with Gasteiger partial charge in [0.2, 0.25) is 0 Å². The van der Waals surface area contributed by atoms with Crippen LogP contribution in [0.3, 0.4) is 0 Å². The second-order valence-corrected chi connectivity index (χ2v) is 6.30. The summed E-state index contributed by atoms with van der Waals surface area (Å²) < 4.78 is 0. The van der Waals surface area contributed by atoms with Crippen LogP contribution in [0.1, 0.15) is 30.0 Å². The van der Waals surface area contributed by atoms with Crippen LogP contribution in [0.5, 0.6) is 0 Å². The van der Waals surface area contributed by atoms with Crippen molar-refractivity contribution in [2.45, 2.75) is 38.5 Å². The summed E-state index contributed by atoms with van der Waals surface area (Å²) in [7, 11) is 0. The summed E-state index contributed by atoms with van der Waals surface area (Å²) in [5.41, 5.74) is 3.75. The molecule has 0 N–H and O–H groups in total. The Morgan fingerprint density at radius 1 is 1.44 bits per heavy atom. The number of thioether (sulfide) groups is 1. The van der Waals surface area contributed by atoms with Crippen molar-refractivity contribution in [2.24, 2.45) is 5.16 Å². The molecule has 0 radical (unpaired) electrons. The highest BCUT2D eigenvalue weighted by Gasteiger charge is 2.33. The molecule has 0 fully saturated rings. The van der Waals surface area contributed by atoms with Crippen molar-refractivity contribution in [3.8, 4) is 0 Å². The van der Waals surface area contributed by atoms with Crippen LogP contribution < -0.4 is 0 Å². The molecule has 0 saturated carbocycles. The van der Waals surface area contributed by atoms with Gasteiger partial charge in [0.25, 0.3) is 0 Å². The molecule has 0 aliphatic carbocycles. The van der Waals surface area contributed by atoms with Gasteiger partial charge in [0.1, 0.15) is 5.04 Å². The lowest BCUT2D eigenvalue weighted by atomic mass is 10.1. The highest BCUT2D eigenvalue weighted by molar-refractivity contribution is 8.13. The van der Waals surface area contributed by atoms with E-state index in [9.17, 15) is 0 Å². The van der Waals surface area contributed by atoms with E-state index in [1.807, 2.05) is 6.92 Å². The molecule has 1 aliphatic rings. The van der Waals surface area contributed by atoms with Crippen LogP contribution in [0.25, 0.3) is 0 Å². The van der Waals surface area contributed by atoms with Gasteiger partial charge >= 0.3 is 0 Å². The van der Waals surface area contributed by atoms with E-state index in [2.05, 4.69) is 37.2 Å². The zero-order valence-electron chi connectivity index (χ0n) is 11.0. The molecule has 1 aliphatic heterocycles. The fourth-order valence-corrected chi connectivity index (χ4v) is 3.10. The average molecular weight is 284 g/mol. The monoisotopic (exact) mass is 283 g/mol. The van der Waals surface area contributed by atoms with Crippen LogP contribution >= 0.6 is 23.4 Å². The number of aryl methyl sites for hydroxylation is 1. The highest BCUT2D eigenvalue weighted by atomic mass is 35.5. The van der Waals surface area contributed by atoms with E-state index in [-0.39, 0.29) is 5.60 Å². The molecule has 1 aromatic rings. The minimum absolute atomic E-state index is 0.314. The van der Waals surface area contributed by atoms with Crippen LogP contribution in [0.2, 0.25) is 0 Å². The molecule has 1 aromatic carbocycles. The Labute approximate surface area is 118 Å². The molecule has 1 heterocycles. The van der Waals surface area contributed by atoms with E-state index >= 15 is 0 Å². The maximum atomic E-state index is 5.87. The molecule has 1 atom stereocenters. The molecule has 98 valence electrons. The van der Waals surface area contributed by atoms with Crippen molar-refractivity contribution in [3.63, 3.8) is 0 Å². The van der Waals surface area contributed by atoms with Gasteiger partial charge in [-0.05, 0) is 37.5 Å². The second kappa shape index (κ2) is 5.54. The van der Waals surface area contributed by atoms with Crippen LogP contribution in [0.15, 0.2) is 23.4 Å². The van der Waals surface area contributed by atoms with Crippen molar-refractivity contribution >= 4 is 28.4 Å². The van der Waals surface area contributed by atoms with Crippen molar-refractivity contribution in [2.75, 3.05) is 5.88 Å². The quantitative estimate of drug-likeness (QED) is 0.773. The Hall–Kier alpha value is -0.670. The SMILES string of the molecule is Cc1cccc(CSC2=NOC(C)(CCl)C2)c1C. The molecular weight excluding hydrogens is 266 g/mol. The predicted molar refractivity (Wildman–Crippen MR) is 79.5 cm³/mol. The van der Waals surface area contributed by atoms with Crippen LogP contribution in [0, 0.1) is 13.8 Å². The van der Waals surface area contributed by atoms with Gasteiger partial charge in [0, 0.05) is 12.2 Å². The molecule has 0 amide bonds. The number of alkyl halides is 1. The molecular formula is C14H18ClNOS. The minimum atomic E-state index is -0.314. The highest BCUT2D eigenvalue weighted by Crippen LogP contribution is 2.31. The fourth-order valence-electron chi connectivity index (χ4n) is 1.82. The first-order chi connectivity index (χ1) is 8.54. The van der Waals surface area contributed by atoms with E-state index < -0.39 is 0 Å². The molecule has 2 rings (SSSR count).